The van der Waals surface area contributed by atoms with Gasteiger partial charge in [-0.2, -0.15) is 0 Å². The van der Waals surface area contributed by atoms with Crippen LogP contribution in [0, 0.1) is 23.7 Å². The van der Waals surface area contributed by atoms with Crippen LogP contribution in [0.4, 0.5) is 5.69 Å². The van der Waals surface area contributed by atoms with Crippen LogP contribution in [-0.2, 0) is 4.79 Å². The van der Waals surface area contributed by atoms with Crippen LogP contribution in [0.25, 0.3) is 0 Å². The maximum absolute atomic E-state index is 11.9. The second-order valence-electron chi connectivity index (χ2n) is 4.77. The second kappa shape index (κ2) is 6.10. The van der Waals surface area contributed by atoms with E-state index in [0.29, 0.717) is 28.6 Å². The summed E-state index contributed by atoms with van der Waals surface area (Å²) in [7, 11) is 0. The number of carbonyl (C=O) groups is 1. The van der Waals surface area contributed by atoms with E-state index in [2.05, 4.69) is 24.1 Å². The second-order valence-corrected chi connectivity index (χ2v) is 5.21. The number of amides is 1. The molecule has 0 spiro atoms. The molecule has 3 nitrogen and oxygen atoms in total. The van der Waals surface area contributed by atoms with E-state index in [-0.39, 0.29) is 18.4 Å². The number of hydrogen-bond acceptors (Lipinski definition) is 2. The first-order valence-corrected chi connectivity index (χ1v) is 6.69. The molecule has 2 atom stereocenters. The van der Waals surface area contributed by atoms with E-state index < -0.39 is 0 Å². The summed E-state index contributed by atoms with van der Waals surface area (Å²) in [4.78, 5) is 11.9. The summed E-state index contributed by atoms with van der Waals surface area (Å²) >= 11 is 5.93. The predicted octanol–water partition coefficient (Wildman–Crippen LogP) is 2.67. The lowest BCUT2D eigenvalue weighted by molar-refractivity contribution is -0.117. The zero-order valence-electron chi connectivity index (χ0n) is 10.7. The average Bonchev–Trinajstić information content (AvgIpc) is 3.10. The van der Waals surface area contributed by atoms with E-state index in [0.717, 1.165) is 6.42 Å². The fourth-order valence-electron chi connectivity index (χ4n) is 1.86. The van der Waals surface area contributed by atoms with Crippen LogP contribution in [0.5, 0.6) is 0 Å². The van der Waals surface area contributed by atoms with Gasteiger partial charge in [-0.05, 0) is 30.5 Å². The number of anilines is 1. The van der Waals surface area contributed by atoms with Gasteiger partial charge in [-0.3, -0.25) is 4.79 Å². The van der Waals surface area contributed by atoms with Crippen LogP contribution in [0.2, 0.25) is 5.02 Å². The molecule has 0 aliphatic heterocycles. The van der Waals surface area contributed by atoms with Crippen molar-refractivity contribution in [3.8, 4) is 11.8 Å². The molecule has 1 aliphatic carbocycles. The molecule has 0 saturated heterocycles. The average molecular weight is 278 g/mol. The highest BCUT2D eigenvalue weighted by Gasteiger charge is 2.39. The smallest absolute Gasteiger partial charge is 0.227 e. The molecule has 2 unspecified atom stereocenters. The summed E-state index contributed by atoms with van der Waals surface area (Å²) in [5, 5.41) is 12.2. The molecule has 2 rings (SSSR count). The van der Waals surface area contributed by atoms with Gasteiger partial charge in [-0.25, -0.2) is 0 Å². The Morgan fingerprint density at radius 2 is 2.32 bits per heavy atom. The molecule has 0 aromatic heterocycles. The van der Waals surface area contributed by atoms with Crippen LogP contribution in [0.1, 0.15) is 25.3 Å². The predicted molar refractivity (Wildman–Crippen MR) is 75.9 cm³/mol. The summed E-state index contributed by atoms with van der Waals surface area (Å²) in [6, 6.07) is 5.21. The zero-order valence-corrected chi connectivity index (χ0v) is 11.5. The molecule has 0 bridgehead atoms. The molecular formula is C15H16ClNO2. The molecule has 0 heterocycles. The lowest BCUT2D eigenvalue weighted by Crippen LogP contribution is -2.15. The molecule has 1 aromatic carbocycles. The molecule has 1 fully saturated rings. The minimum Gasteiger partial charge on any atom is -0.395 e. The number of aliphatic hydroxyl groups excluding tert-OH is 1. The van der Waals surface area contributed by atoms with Crippen molar-refractivity contribution in [2.24, 2.45) is 11.8 Å². The van der Waals surface area contributed by atoms with Gasteiger partial charge in [0, 0.05) is 22.9 Å². The third-order valence-corrected chi connectivity index (χ3v) is 3.38. The fourth-order valence-corrected chi connectivity index (χ4v) is 2.03. The molecule has 1 aromatic rings. The van der Waals surface area contributed by atoms with Crippen molar-refractivity contribution in [2.75, 3.05) is 11.9 Å². The lowest BCUT2D eigenvalue weighted by Gasteiger charge is -2.07. The largest absolute Gasteiger partial charge is 0.395 e. The molecular weight excluding hydrogens is 262 g/mol. The van der Waals surface area contributed by atoms with E-state index in [9.17, 15) is 4.79 Å². The third kappa shape index (κ3) is 3.73. The Bertz CT molecular complexity index is 545. The van der Waals surface area contributed by atoms with Crippen LogP contribution in [0.15, 0.2) is 18.2 Å². The number of aliphatic hydroxyl groups is 1. The van der Waals surface area contributed by atoms with E-state index in [1.54, 1.807) is 18.2 Å². The first-order valence-electron chi connectivity index (χ1n) is 6.32. The molecule has 0 radical (unpaired) electrons. The lowest BCUT2D eigenvalue weighted by atomic mass is 10.1. The molecule has 1 saturated carbocycles. The van der Waals surface area contributed by atoms with Gasteiger partial charge in [-0.1, -0.05) is 30.4 Å². The maximum Gasteiger partial charge on any atom is 0.227 e. The third-order valence-electron chi connectivity index (χ3n) is 3.15. The number of carbonyl (C=O) groups excluding carboxylic acids is 1. The van der Waals surface area contributed by atoms with E-state index in [4.69, 9.17) is 16.7 Å². The van der Waals surface area contributed by atoms with E-state index in [1.165, 1.54) is 0 Å². The fraction of sp³-hybridized carbons (Fsp3) is 0.400. The number of rotatable bonds is 3. The number of halogens is 1. The van der Waals surface area contributed by atoms with Gasteiger partial charge in [-0.15, -0.1) is 0 Å². The monoisotopic (exact) mass is 277 g/mol. The van der Waals surface area contributed by atoms with Gasteiger partial charge >= 0.3 is 0 Å². The SMILES string of the molecule is CC1CC1C(=O)Nc1ccc(Cl)cc1C#CCCO. The Kier molecular flexibility index (Phi) is 4.47. The van der Waals surface area contributed by atoms with Gasteiger partial charge in [0.2, 0.25) is 5.91 Å². The molecule has 2 N–H and O–H groups in total. The number of benzene rings is 1. The Balaban J connectivity index is 2.15. The first kappa shape index (κ1) is 13.9. The van der Waals surface area contributed by atoms with Crippen LogP contribution < -0.4 is 5.32 Å². The highest BCUT2D eigenvalue weighted by atomic mass is 35.5. The molecule has 100 valence electrons. The van der Waals surface area contributed by atoms with Crippen molar-refractivity contribution < 1.29 is 9.90 Å². The first-order chi connectivity index (χ1) is 9.11. The quantitative estimate of drug-likeness (QED) is 0.835. The van der Waals surface area contributed by atoms with Crippen molar-refractivity contribution in [1.82, 2.24) is 0 Å². The normalized spacial score (nSPS) is 20.4. The summed E-state index contributed by atoms with van der Waals surface area (Å²) in [6.07, 6.45) is 1.35. The standard InChI is InChI=1S/C15H16ClNO2/c1-10-8-13(10)15(19)17-14-6-5-12(16)9-11(14)4-2-3-7-18/h5-6,9-10,13,18H,3,7-8H2,1H3,(H,17,19). The van der Waals surface area contributed by atoms with Gasteiger partial charge in [0.1, 0.15) is 0 Å². The van der Waals surface area contributed by atoms with Crippen LogP contribution >= 0.6 is 11.6 Å². The van der Waals surface area contributed by atoms with Crippen molar-refractivity contribution in [1.29, 1.82) is 0 Å². The topological polar surface area (TPSA) is 49.3 Å². The summed E-state index contributed by atoms with van der Waals surface area (Å²) < 4.78 is 0. The molecule has 19 heavy (non-hydrogen) atoms. The highest BCUT2D eigenvalue weighted by molar-refractivity contribution is 6.30. The minimum atomic E-state index is 0.0227. The van der Waals surface area contributed by atoms with Gasteiger partial charge in [0.15, 0.2) is 0 Å². The van der Waals surface area contributed by atoms with Crippen molar-refractivity contribution in [2.45, 2.75) is 19.8 Å². The summed E-state index contributed by atoms with van der Waals surface area (Å²) in [6.45, 7) is 2.09. The molecule has 1 amide bonds. The van der Waals surface area contributed by atoms with Gasteiger partial charge in [0.25, 0.3) is 0 Å². The Morgan fingerprint density at radius 3 is 2.95 bits per heavy atom. The number of hydrogen-bond donors (Lipinski definition) is 2. The molecule has 1 aliphatic rings. The van der Waals surface area contributed by atoms with E-state index in [1.807, 2.05) is 0 Å². The zero-order chi connectivity index (χ0) is 13.8. The summed E-state index contributed by atoms with van der Waals surface area (Å²) in [5.74, 6) is 6.39. The molecule has 4 heteroatoms. The summed E-state index contributed by atoms with van der Waals surface area (Å²) in [5.41, 5.74) is 1.36. The van der Waals surface area contributed by atoms with Crippen LogP contribution in [-0.4, -0.2) is 17.6 Å². The van der Waals surface area contributed by atoms with Crippen LogP contribution in [0.3, 0.4) is 0 Å². The van der Waals surface area contributed by atoms with Gasteiger partial charge < -0.3 is 10.4 Å². The maximum atomic E-state index is 11.9. The van der Waals surface area contributed by atoms with Gasteiger partial charge in [0.05, 0.1) is 12.3 Å². The van der Waals surface area contributed by atoms with Crippen molar-refractivity contribution in [3.05, 3.63) is 28.8 Å². The van der Waals surface area contributed by atoms with Crippen molar-refractivity contribution in [3.63, 3.8) is 0 Å². The van der Waals surface area contributed by atoms with E-state index >= 15 is 0 Å². The van der Waals surface area contributed by atoms with Crippen molar-refractivity contribution >= 4 is 23.2 Å². The minimum absolute atomic E-state index is 0.0227. The highest BCUT2D eigenvalue weighted by Crippen LogP contribution is 2.38. The number of nitrogens with one attached hydrogen (secondary N) is 1. The Labute approximate surface area is 118 Å². The Morgan fingerprint density at radius 1 is 1.58 bits per heavy atom. The Hall–Kier alpha value is -1.50.